The highest BCUT2D eigenvalue weighted by Crippen LogP contribution is 2.21. The van der Waals surface area contributed by atoms with Crippen molar-refractivity contribution in [3.8, 4) is 17.6 Å². The number of nitrogens with one attached hydrogen (secondary N) is 1. The van der Waals surface area contributed by atoms with Gasteiger partial charge in [0.05, 0.1) is 31.4 Å². The van der Waals surface area contributed by atoms with E-state index in [0.717, 1.165) is 25.9 Å². The number of nitriles is 1. The first kappa shape index (κ1) is 24.2. The second-order valence-electron chi connectivity index (χ2n) is 7.86. The lowest BCUT2D eigenvalue weighted by atomic mass is 10.1. The minimum absolute atomic E-state index is 0.0518. The number of nitrogens with zero attached hydrogens (tertiary/aromatic N) is 2. The molecule has 0 spiro atoms. The first-order valence-electron chi connectivity index (χ1n) is 10.8. The van der Waals surface area contributed by atoms with Crippen LogP contribution in [0.3, 0.4) is 0 Å². The molecule has 0 aliphatic carbocycles. The lowest BCUT2D eigenvalue weighted by molar-refractivity contribution is -0.117. The van der Waals surface area contributed by atoms with Crippen molar-refractivity contribution >= 4 is 12.0 Å². The maximum absolute atomic E-state index is 13.0. The van der Waals surface area contributed by atoms with E-state index in [4.69, 9.17) is 14.7 Å². The number of carbonyl (C=O) groups is 1. The number of aliphatic hydroxyl groups excluding tert-OH is 1. The number of amides is 1. The normalized spacial score (nSPS) is 15.7. The summed E-state index contributed by atoms with van der Waals surface area (Å²) in [5.74, 6) is 0.577. The van der Waals surface area contributed by atoms with Gasteiger partial charge < -0.3 is 24.8 Å². The number of piperidine rings is 1. The van der Waals surface area contributed by atoms with E-state index < -0.39 is 6.04 Å². The van der Waals surface area contributed by atoms with Crippen molar-refractivity contribution in [1.82, 2.24) is 10.2 Å². The van der Waals surface area contributed by atoms with Crippen LogP contribution in [-0.4, -0.2) is 61.4 Å². The van der Waals surface area contributed by atoms with E-state index in [0.29, 0.717) is 29.2 Å². The molecule has 0 radical (unpaired) electrons. The molecule has 1 atom stereocenters. The van der Waals surface area contributed by atoms with Gasteiger partial charge in [0.25, 0.3) is 0 Å². The Bertz CT molecular complexity index is 996. The van der Waals surface area contributed by atoms with Crippen molar-refractivity contribution in [3.63, 3.8) is 0 Å². The first-order chi connectivity index (χ1) is 16.0. The van der Waals surface area contributed by atoms with Gasteiger partial charge in [-0.05, 0) is 61.4 Å². The standard InChI is InChI=1S/C25H28FN3O4/c1-32-24-8-2-18(15-27)14-19(24)3-9-25(31)28-21(17-30)16-29-12-10-23(11-13-29)33-22-6-4-20(26)5-7-22/h2-9,14,21,23,30H,10-13,16-17H2,1H3,(H,28,31). The molecule has 1 heterocycles. The van der Waals surface area contributed by atoms with Crippen LogP contribution in [0.25, 0.3) is 6.08 Å². The third kappa shape index (κ3) is 7.31. The number of halogens is 1. The summed E-state index contributed by atoms with van der Waals surface area (Å²) in [4.78, 5) is 14.6. The van der Waals surface area contributed by atoms with Crippen molar-refractivity contribution in [2.75, 3.05) is 33.4 Å². The van der Waals surface area contributed by atoms with Crippen LogP contribution in [0, 0.1) is 17.1 Å². The zero-order chi connectivity index (χ0) is 23.6. The minimum Gasteiger partial charge on any atom is -0.496 e. The summed E-state index contributed by atoms with van der Waals surface area (Å²) in [7, 11) is 1.52. The Morgan fingerprint density at radius 1 is 1.30 bits per heavy atom. The van der Waals surface area contributed by atoms with Crippen molar-refractivity contribution < 1.29 is 23.8 Å². The van der Waals surface area contributed by atoms with Crippen LogP contribution in [0.5, 0.6) is 11.5 Å². The molecule has 0 aromatic heterocycles. The largest absolute Gasteiger partial charge is 0.496 e. The number of ether oxygens (including phenoxy) is 2. The zero-order valence-corrected chi connectivity index (χ0v) is 18.5. The average Bonchev–Trinajstić information content (AvgIpc) is 2.84. The molecule has 2 aromatic rings. The smallest absolute Gasteiger partial charge is 0.244 e. The molecule has 0 saturated carbocycles. The molecule has 3 rings (SSSR count). The lowest BCUT2D eigenvalue weighted by Crippen LogP contribution is -2.48. The van der Waals surface area contributed by atoms with E-state index in [1.165, 1.54) is 25.3 Å². The SMILES string of the molecule is COc1ccc(C#N)cc1C=CC(=O)NC(CO)CN1CCC(Oc2ccc(F)cc2)CC1. The summed E-state index contributed by atoms with van der Waals surface area (Å²) >= 11 is 0. The summed E-state index contributed by atoms with van der Waals surface area (Å²) in [6.45, 7) is 1.88. The summed E-state index contributed by atoms with van der Waals surface area (Å²) < 4.78 is 24.2. The fraction of sp³-hybridized carbons (Fsp3) is 0.360. The molecule has 8 heteroatoms. The van der Waals surface area contributed by atoms with Crippen molar-refractivity contribution in [1.29, 1.82) is 5.26 Å². The van der Waals surface area contributed by atoms with Crippen LogP contribution < -0.4 is 14.8 Å². The van der Waals surface area contributed by atoms with Gasteiger partial charge in [-0.25, -0.2) is 4.39 Å². The Kier molecular flexibility index (Phi) is 8.81. The molecule has 2 N–H and O–H groups in total. The second kappa shape index (κ2) is 12.0. The van der Waals surface area contributed by atoms with E-state index in [-0.39, 0.29) is 24.4 Å². The van der Waals surface area contributed by atoms with Gasteiger partial charge in [0.15, 0.2) is 0 Å². The summed E-state index contributed by atoms with van der Waals surface area (Å²) in [6.07, 6.45) is 4.61. The molecule has 1 unspecified atom stereocenters. The molecule has 0 bridgehead atoms. The Morgan fingerprint density at radius 3 is 2.67 bits per heavy atom. The van der Waals surface area contributed by atoms with Crippen LogP contribution in [0.4, 0.5) is 4.39 Å². The van der Waals surface area contributed by atoms with Gasteiger partial charge in [-0.15, -0.1) is 0 Å². The summed E-state index contributed by atoms with van der Waals surface area (Å²) in [5.41, 5.74) is 1.09. The maximum atomic E-state index is 13.0. The second-order valence-corrected chi connectivity index (χ2v) is 7.86. The Labute approximate surface area is 193 Å². The number of benzene rings is 2. The third-order valence-corrected chi connectivity index (χ3v) is 5.47. The number of carbonyl (C=O) groups excluding carboxylic acids is 1. The fourth-order valence-electron chi connectivity index (χ4n) is 3.72. The average molecular weight is 454 g/mol. The molecule has 33 heavy (non-hydrogen) atoms. The maximum Gasteiger partial charge on any atom is 0.244 e. The summed E-state index contributed by atoms with van der Waals surface area (Å²) in [5, 5.41) is 21.6. The van der Waals surface area contributed by atoms with Crippen molar-refractivity contribution in [2.24, 2.45) is 0 Å². The highest BCUT2D eigenvalue weighted by Gasteiger charge is 2.23. The molecule has 2 aromatic carbocycles. The number of hydrogen-bond acceptors (Lipinski definition) is 6. The van der Waals surface area contributed by atoms with E-state index in [9.17, 15) is 14.3 Å². The van der Waals surface area contributed by atoms with Crippen LogP contribution in [-0.2, 0) is 4.79 Å². The molecular formula is C25H28FN3O4. The van der Waals surface area contributed by atoms with Crippen LogP contribution in [0.2, 0.25) is 0 Å². The Hall–Kier alpha value is -3.41. The van der Waals surface area contributed by atoms with Crippen LogP contribution in [0.15, 0.2) is 48.5 Å². The number of aliphatic hydroxyl groups is 1. The summed E-state index contributed by atoms with van der Waals surface area (Å²) in [6, 6.07) is 12.6. The highest BCUT2D eigenvalue weighted by atomic mass is 19.1. The van der Waals surface area contributed by atoms with Crippen LogP contribution in [0.1, 0.15) is 24.0 Å². The van der Waals surface area contributed by atoms with E-state index >= 15 is 0 Å². The number of rotatable bonds is 9. The molecule has 1 amide bonds. The van der Waals surface area contributed by atoms with E-state index in [1.54, 1.807) is 36.4 Å². The fourth-order valence-corrected chi connectivity index (χ4v) is 3.72. The van der Waals surface area contributed by atoms with E-state index in [1.807, 2.05) is 0 Å². The van der Waals surface area contributed by atoms with Gasteiger partial charge in [0.1, 0.15) is 23.4 Å². The lowest BCUT2D eigenvalue weighted by Gasteiger charge is -2.34. The van der Waals surface area contributed by atoms with Gasteiger partial charge in [-0.1, -0.05) is 0 Å². The van der Waals surface area contributed by atoms with E-state index in [2.05, 4.69) is 16.3 Å². The predicted molar refractivity (Wildman–Crippen MR) is 122 cm³/mol. The molecular weight excluding hydrogens is 425 g/mol. The van der Waals surface area contributed by atoms with Crippen LogP contribution >= 0.6 is 0 Å². The topological polar surface area (TPSA) is 94.8 Å². The van der Waals surface area contributed by atoms with Crippen molar-refractivity contribution in [3.05, 3.63) is 65.5 Å². The van der Waals surface area contributed by atoms with Gasteiger partial charge in [-0.3, -0.25) is 4.79 Å². The Balaban J connectivity index is 1.47. The van der Waals surface area contributed by atoms with Gasteiger partial charge in [0, 0.05) is 31.3 Å². The number of hydrogen-bond donors (Lipinski definition) is 2. The molecule has 7 nitrogen and oxygen atoms in total. The molecule has 1 fully saturated rings. The first-order valence-corrected chi connectivity index (χ1v) is 10.8. The Morgan fingerprint density at radius 2 is 2.03 bits per heavy atom. The number of likely N-dealkylation sites (tertiary alicyclic amines) is 1. The quantitative estimate of drug-likeness (QED) is 0.567. The molecule has 174 valence electrons. The zero-order valence-electron chi connectivity index (χ0n) is 18.5. The highest BCUT2D eigenvalue weighted by molar-refractivity contribution is 5.92. The molecule has 1 saturated heterocycles. The molecule has 1 aliphatic heterocycles. The van der Waals surface area contributed by atoms with Gasteiger partial charge in [0.2, 0.25) is 5.91 Å². The van der Waals surface area contributed by atoms with Crippen molar-refractivity contribution in [2.45, 2.75) is 25.0 Å². The predicted octanol–water partition coefficient (Wildman–Crippen LogP) is 2.74. The third-order valence-electron chi connectivity index (χ3n) is 5.47. The molecule has 1 aliphatic rings. The minimum atomic E-state index is -0.413. The monoisotopic (exact) mass is 453 g/mol. The van der Waals surface area contributed by atoms with Gasteiger partial charge in [-0.2, -0.15) is 5.26 Å². The number of methoxy groups -OCH3 is 1. The van der Waals surface area contributed by atoms with Gasteiger partial charge >= 0.3 is 0 Å².